The lowest BCUT2D eigenvalue weighted by Gasteiger charge is -1.97. The maximum Gasteiger partial charge on any atom is 0.257 e. The van der Waals surface area contributed by atoms with E-state index in [0.717, 1.165) is 17.1 Å². The molecule has 0 aromatic carbocycles. The third kappa shape index (κ3) is 2.74. The summed E-state index contributed by atoms with van der Waals surface area (Å²) < 4.78 is 45.7. The Balaban J connectivity index is 2.88. The zero-order chi connectivity index (χ0) is 10.1. The number of hydrogen-bond donors (Lipinski definition) is 1. The zero-order valence-corrected chi connectivity index (χ0v) is 7.21. The molecule has 0 aliphatic carbocycles. The summed E-state index contributed by atoms with van der Waals surface area (Å²) in [5.74, 6) is 0. The van der Waals surface area contributed by atoms with Crippen LogP contribution in [-0.2, 0) is 16.6 Å². The van der Waals surface area contributed by atoms with Gasteiger partial charge in [0.2, 0.25) is 10.0 Å². The first-order chi connectivity index (χ1) is 5.89. The highest BCUT2D eigenvalue weighted by molar-refractivity contribution is 7.89. The Hall–Kier alpha value is -1.02. The predicted octanol–water partition coefficient (Wildman–Crippen LogP) is -0.204. The molecule has 1 heterocycles. The molecule has 74 valence electrons. The minimum atomic E-state index is -3.85. The van der Waals surface area contributed by atoms with Crippen LogP contribution in [0.4, 0.5) is 8.78 Å². The van der Waals surface area contributed by atoms with Crippen molar-refractivity contribution in [1.29, 1.82) is 0 Å². The number of aromatic nitrogens is 2. The second kappa shape index (κ2) is 3.38. The predicted molar refractivity (Wildman–Crippen MR) is 39.6 cm³/mol. The third-order valence-corrected chi connectivity index (χ3v) is 2.13. The maximum absolute atomic E-state index is 11.8. The second-order valence-electron chi connectivity index (χ2n) is 2.33. The van der Waals surface area contributed by atoms with E-state index < -0.39 is 23.0 Å². The average Bonchev–Trinajstić information content (AvgIpc) is 2.32. The number of hydrogen-bond acceptors (Lipinski definition) is 3. The summed E-state index contributed by atoms with van der Waals surface area (Å²) in [7, 11) is -3.85. The SMILES string of the molecule is NS(=O)(=O)c1cnn(CC(F)F)c1. The fourth-order valence-corrected chi connectivity index (χ4v) is 1.20. The van der Waals surface area contributed by atoms with Gasteiger partial charge < -0.3 is 0 Å². The minimum Gasteiger partial charge on any atom is -0.266 e. The van der Waals surface area contributed by atoms with Gasteiger partial charge in [0.05, 0.1) is 6.20 Å². The Morgan fingerprint density at radius 2 is 2.23 bits per heavy atom. The van der Waals surface area contributed by atoms with Crippen molar-refractivity contribution in [2.45, 2.75) is 17.9 Å². The van der Waals surface area contributed by atoms with Gasteiger partial charge in [-0.3, -0.25) is 4.68 Å². The van der Waals surface area contributed by atoms with Gasteiger partial charge in [-0.25, -0.2) is 22.3 Å². The lowest BCUT2D eigenvalue weighted by Crippen LogP contribution is -2.11. The third-order valence-electron chi connectivity index (χ3n) is 1.26. The molecule has 1 aromatic rings. The van der Waals surface area contributed by atoms with E-state index in [1.807, 2.05) is 0 Å². The first-order valence-electron chi connectivity index (χ1n) is 3.23. The van der Waals surface area contributed by atoms with Crippen LogP contribution in [0.5, 0.6) is 0 Å². The van der Waals surface area contributed by atoms with Gasteiger partial charge in [0, 0.05) is 6.20 Å². The molecular weight excluding hydrogens is 204 g/mol. The van der Waals surface area contributed by atoms with Crippen molar-refractivity contribution >= 4 is 10.0 Å². The number of primary sulfonamides is 1. The second-order valence-corrected chi connectivity index (χ2v) is 3.90. The molecule has 0 aliphatic rings. The fourth-order valence-electron chi connectivity index (χ4n) is 0.733. The summed E-state index contributed by atoms with van der Waals surface area (Å²) in [5.41, 5.74) is 0. The van der Waals surface area contributed by atoms with Crippen LogP contribution in [0.1, 0.15) is 0 Å². The van der Waals surface area contributed by atoms with E-state index in [4.69, 9.17) is 5.14 Å². The summed E-state index contributed by atoms with van der Waals surface area (Å²) in [5, 5.41) is 8.13. The first-order valence-corrected chi connectivity index (χ1v) is 4.77. The Morgan fingerprint density at radius 1 is 1.62 bits per heavy atom. The molecule has 0 atom stereocenters. The van der Waals surface area contributed by atoms with Gasteiger partial charge in [-0.1, -0.05) is 0 Å². The zero-order valence-electron chi connectivity index (χ0n) is 6.39. The van der Waals surface area contributed by atoms with Crippen LogP contribution in [0.2, 0.25) is 0 Å². The number of sulfonamides is 1. The normalized spacial score (nSPS) is 12.3. The number of rotatable bonds is 3. The lowest BCUT2D eigenvalue weighted by atomic mass is 10.7. The molecule has 0 amide bonds. The molecule has 0 bridgehead atoms. The number of nitrogens with two attached hydrogens (primary N) is 1. The quantitative estimate of drug-likeness (QED) is 0.751. The van der Waals surface area contributed by atoms with Crippen LogP contribution in [0.3, 0.4) is 0 Å². The van der Waals surface area contributed by atoms with Crippen LogP contribution in [0.15, 0.2) is 17.3 Å². The smallest absolute Gasteiger partial charge is 0.257 e. The van der Waals surface area contributed by atoms with Crippen LogP contribution < -0.4 is 5.14 Å². The highest BCUT2D eigenvalue weighted by atomic mass is 32.2. The lowest BCUT2D eigenvalue weighted by molar-refractivity contribution is 0.121. The molecule has 13 heavy (non-hydrogen) atoms. The van der Waals surface area contributed by atoms with Gasteiger partial charge in [0.25, 0.3) is 6.43 Å². The Morgan fingerprint density at radius 3 is 2.62 bits per heavy atom. The summed E-state index contributed by atoms with van der Waals surface area (Å²) in [6.45, 7) is -0.643. The first kappa shape index (κ1) is 10.1. The van der Waals surface area contributed by atoms with Crippen molar-refractivity contribution in [3.8, 4) is 0 Å². The van der Waals surface area contributed by atoms with Gasteiger partial charge in [0.15, 0.2) is 0 Å². The number of halogens is 2. The highest BCUT2D eigenvalue weighted by Gasteiger charge is 2.12. The fraction of sp³-hybridized carbons (Fsp3) is 0.400. The summed E-state index contributed by atoms with van der Waals surface area (Å²) in [4.78, 5) is -0.270. The van der Waals surface area contributed by atoms with Crippen LogP contribution in [0.25, 0.3) is 0 Å². The van der Waals surface area contributed by atoms with Gasteiger partial charge in [0.1, 0.15) is 11.4 Å². The summed E-state index contributed by atoms with van der Waals surface area (Å²) in [6.07, 6.45) is -0.688. The Bertz CT molecular complexity index is 386. The van der Waals surface area contributed by atoms with E-state index in [-0.39, 0.29) is 4.90 Å². The molecule has 5 nitrogen and oxygen atoms in total. The van der Waals surface area contributed by atoms with Crippen LogP contribution in [-0.4, -0.2) is 24.6 Å². The van der Waals surface area contributed by atoms with Crippen molar-refractivity contribution in [3.63, 3.8) is 0 Å². The highest BCUT2D eigenvalue weighted by Crippen LogP contribution is 2.05. The Labute approximate surface area is 73.2 Å². The van der Waals surface area contributed by atoms with Crippen LogP contribution in [0, 0.1) is 0 Å². The molecule has 2 N–H and O–H groups in total. The largest absolute Gasteiger partial charge is 0.266 e. The van der Waals surface area contributed by atoms with Gasteiger partial charge in [-0.05, 0) is 0 Å². The topological polar surface area (TPSA) is 78.0 Å². The van der Waals surface area contributed by atoms with Crippen molar-refractivity contribution in [2.75, 3.05) is 0 Å². The van der Waals surface area contributed by atoms with Gasteiger partial charge in [-0.2, -0.15) is 5.10 Å². The molecular formula is C5H7F2N3O2S. The van der Waals surface area contributed by atoms with Crippen molar-refractivity contribution in [2.24, 2.45) is 5.14 Å². The van der Waals surface area contributed by atoms with E-state index in [1.54, 1.807) is 0 Å². The van der Waals surface area contributed by atoms with Crippen molar-refractivity contribution in [3.05, 3.63) is 12.4 Å². The van der Waals surface area contributed by atoms with E-state index >= 15 is 0 Å². The molecule has 0 saturated heterocycles. The standard InChI is InChI=1S/C5H7F2N3O2S/c6-5(7)3-10-2-4(1-9-10)13(8,11)12/h1-2,5H,3H2,(H2,8,11,12). The molecule has 0 fully saturated rings. The monoisotopic (exact) mass is 211 g/mol. The van der Waals surface area contributed by atoms with Gasteiger partial charge in [-0.15, -0.1) is 0 Å². The Kier molecular flexibility index (Phi) is 2.62. The van der Waals surface area contributed by atoms with Gasteiger partial charge >= 0.3 is 0 Å². The summed E-state index contributed by atoms with van der Waals surface area (Å²) in [6, 6.07) is 0. The van der Waals surface area contributed by atoms with E-state index in [9.17, 15) is 17.2 Å². The molecule has 0 radical (unpaired) electrons. The molecule has 1 aromatic heterocycles. The number of alkyl halides is 2. The average molecular weight is 211 g/mol. The number of nitrogens with zero attached hydrogens (tertiary/aromatic N) is 2. The van der Waals surface area contributed by atoms with Crippen molar-refractivity contribution in [1.82, 2.24) is 9.78 Å². The van der Waals surface area contributed by atoms with E-state index in [1.165, 1.54) is 0 Å². The summed E-state index contributed by atoms with van der Waals surface area (Å²) >= 11 is 0. The minimum absolute atomic E-state index is 0.270. The van der Waals surface area contributed by atoms with E-state index in [0.29, 0.717) is 0 Å². The van der Waals surface area contributed by atoms with Crippen LogP contribution >= 0.6 is 0 Å². The maximum atomic E-state index is 11.8. The molecule has 0 saturated carbocycles. The van der Waals surface area contributed by atoms with Crippen molar-refractivity contribution < 1.29 is 17.2 Å². The molecule has 8 heteroatoms. The van der Waals surface area contributed by atoms with E-state index in [2.05, 4.69) is 5.10 Å². The molecule has 0 unspecified atom stereocenters. The molecule has 0 aliphatic heterocycles. The molecule has 1 rings (SSSR count). The molecule has 0 spiro atoms.